The summed E-state index contributed by atoms with van der Waals surface area (Å²) in [6.45, 7) is 2.91. The maximum atomic E-state index is 10.3. The van der Waals surface area contributed by atoms with E-state index in [1.54, 1.807) is 0 Å². The molecule has 0 aromatic carbocycles. The SMILES string of the molecule is CN(C)CC(O)c1cc2n(n1)CCN(c1nc(N)nc3c1CCC3)C2. The summed E-state index contributed by atoms with van der Waals surface area (Å²) in [5.41, 5.74) is 10.1. The zero-order chi connectivity index (χ0) is 17.6. The average molecular weight is 343 g/mol. The van der Waals surface area contributed by atoms with Gasteiger partial charge in [-0.25, -0.2) is 4.98 Å². The maximum absolute atomic E-state index is 10.3. The van der Waals surface area contributed by atoms with Crippen LogP contribution in [0, 0.1) is 0 Å². The van der Waals surface area contributed by atoms with Crippen molar-refractivity contribution in [3.05, 3.63) is 28.7 Å². The number of nitrogens with two attached hydrogens (primary N) is 1. The van der Waals surface area contributed by atoms with Crippen LogP contribution in [0.5, 0.6) is 0 Å². The largest absolute Gasteiger partial charge is 0.385 e. The second kappa shape index (κ2) is 6.27. The lowest BCUT2D eigenvalue weighted by Gasteiger charge is -2.30. The molecule has 134 valence electrons. The first-order chi connectivity index (χ1) is 12.0. The maximum Gasteiger partial charge on any atom is 0.222 e. The minimum absolute atomic E-state index is 0.358. The summed E-state index contributed by atoms with van der Waals surface area (Å²) in [5, 5.41) is 14.9. The van der Waals surface area contributed by atoms with Crippen molar-refractivity contribution < 1.29 is 5.11 Å². The zero-order valence-corrected chi connectivity index (χ0v) is 14.8. The molecule has 0 amide bonds. The number of aryl methyl sites for hydroxylation is 1. The number of fused-ring (bicyclic) bond motifs is 2. The third kappa shape index (κ3) is 3.07. The Balaban J connectivity index is 1.59. The van der Waals surface area contributed by atoms with Gasteiger partial charge in [-0.1, -0.05) is 0 Å². The van der Waals surface area contributed by atoms with Gasteiger partial charge in [0.25, 0.3) is 0 Å². The zero-order valence-electron chi connectivity index (χ0n) is 14.8. The van der Waals surface area contributed by atoms with Crippen LogP contribution in [-0.4, -0.2) is 56.9 Å². The molecule has 2 aromatic heterocycles. The number of nitrogen functional groups attached to an aromatic ring is 1. The second-order valence-electron chi connectivity index (χ2n) is 7.17. The van der Waals surface area contributed by atoms with E-state index in [0.717, 1.165) is 61.8 Å². The van der Waals surface area contributed by atoms with Crippen molar-refractivity contribution >= 4 is 11.8 Å². The predicted octanol–water partition coefficient (Wildman–Crippen LogP) is 0.359. The van der Waals surface area contributed by atoms with E-state index in [-0.39, 0.29) is 0 Å². The Labute approximate surface area is 147 Å². The third-order valence-corrected chi connectivity index (χ3v) is 4.92. The van der Waals surface area contributed by atoms with Gasteiger partial charge in [-0.15, -0.1) is 0 Å². The molecule has 1 aliphatic heterocycles. The highest BCUT2D eigenvalue weighted by atomic mass is 16.3. The van der Waals surface area contributed by atoms with E-state index in [1.807, 2.05) is 29.7 Å². The van der Waals surface area contributed by atoms with E-state index in [1.165, 1.54) is 5.56 Å². The fraction of sp³-hybridized carbons (Fsp3) is 0.588. The number of hydrogen-bond donors (Lipinski definition) is 2. The third-order valence-electron chi connectivity index (χ3n) is 4.92. The van der Waals surface area contributed by atoms with Crippen molar-refractivity contribution in [3.8, 4) is 0 Å². The molecule has 8 nitrogen and oxygen atoms in total. The molecule has 3 heterocycles. The van der Waals surface area contributed by atoms with Crippen LogP contribution in [0.25, 0.3) is 0 Å². The summed E-state index contributed by atoms with van der Waals surface area (Å²) < 4.78 is 2.00. The fourth-order valence-electron chi connectivity index (χ4n) is 3.76. The minimum atomic E-state index is -0.569. The van der Waals surface area contributed by atoms with Crippen LogP contribution in [0.15, 0.2) is 6.07 Å². The van der Waals surface area contributed by atoms with Gasteiger partial charge in [-0.05, 0) is 39.4 Å². The van der Waals surface area contributed by atoms with E-state index in [0.29, 0.717) is 12.5 Å². The van der Waals surface area contributed by atoms with Crippen LogP contribution in [0.3, 0.4) is 0 Å². The molecule has 4 rings (SSSR count). The van der Waals surface area contributed by atoms with Crippen LogP contribution in [0.2, 0.25) is 0 Å². The van der Waals surface area contributed by atoms with E-state index < -0.39 is 6.10 Å². The summed E-state index contributed by atoms with van der Waals surface area (Å²) in [5.74, 6) is 1.33. The highest BCUT2D eigenvalue weighted by Gasteiger charge is 2.27. The Morgan fingerprint density at radius 2 is 2.12 bits per heavy atom. The molecule has 1 aliphatic carbocycles. The number of aliphatic hydroxyl groups is 1. The van der Waals surface area contributed by atoms with Crippen LogP contribution < -0.4 is 10.6 Å². The number of nitrogens with zero attached hydrogens (tertiary/aromatic N) is 6. The topological polar surface area (TPSA) is 96.3 Å². The molecular weight excluding hydrogens is 318 g/mol. The van der Waals surface area contributed by atoms with Crippen molar-refractivity contribution in [2.24, 2.45) is 0 Å². The van der Waals surface area contributed by atoms with E-state index in [9.17, 15) is 5.11 Å². The molecule has 2 aromatic rings. The van der Waals surface area contributed by atoms with E-state index >= 15 is 0 Å². The van der Waals surface area contributed by atoms with Crippen LogP contribution in [0.4, 0.5) is 11.8 Å². The standard InChI is InChI=1S/C17H25N7O/c1-22(2)10-15(25)14-8-11-9-23(6-7-24(11)21-14)16-12-4-3-5-13(12)19-17(18)20-16/h8,15,25H,3-7,9-10H2,1-2H3,(H2,18,19,20). The lowest BCUT2D eigenvalue weighted by molar-refractivity contribution is 0.133. The van der Waals surface area contributed by atoms with Gasteiger partial charge in [0.1, 0.15) is 11.9 Å². The second-order valence-corrected chi connectivity index (χ2v) is 7.17. The molecule has 0 radical (unpaired) electrons. The van der Waals surface area contributed by atoms with Crippen molar-refractivity contribution in [2.75, 3.05) is 37.8 Å². The summed E-state index contributed by atoms with van der Waals surface area (Å²) in [4.78, 5) is 13.1. The molecule has 0 bridgehead atoms. The number of hydrogen-bond acceptors (Lipinski definition) is 7. The normalized spacial score (nSPS) is 17.7. The van der Waals surface area contributed by atoms with Crippen molar-refractivity contribution in [2.45, 2.75) is 38.5 Å². The van der Waals surface area contributed by atoms with Gasteiger partial charge >= 0.3 is 0 Å². The molecule has 0 fully saturated rings. The number of likely N-dealkylation sites (N-methyl/N-ethyl adjacent to an activating group) is 1. The van der Waals surface area contributed by atoms with Gasteiger partial charge in [-0.2, -0.15) is 10.1 Å². The quantitative estimate of drug-likeness (QED) is 0.827. The highest BCUT2D eigenvalue weighted by molar-refractivity contribution is 5.54. The molecule has 1 unspecified atom stereocenters. The van der Waals surface area contributed by atoms with Gasteiger partial charge in [0, 0.05) is 18.7 Å². The molecule has 0 saturated heterocycles. The first kappa shape index (κ1) is 16.3. The first-order valence-corrected chi connectivity index (χ1v) is 8.81. The van der Waals surface area contributed by atoms with Gasteiger partial charge in [0.2, 0.25) is 5.95 Å². The number of aromatic nitrogens is 4. The monoisotopic (exact) mass is 343 g/mol. The number of anilines is 2. The van der Waals surface area contributed by atoms with E-state index in [2.05, 4.69) is 20.0 Å². The molecular formula is C17H25N7O. The van der Waals surface area contributed by atoms with Gasteiger partial charge < -0.3 is 20.6 Å². The molecule has 8 heteroatoms. The lowest BCUT2D eigenvalue weighted by Crippen LogP contribution is -2.35. The first-order valence-electron chi connectivity index (χ1n) is 8.81. The Bertz CT molecular complexity index is 786. The molecule has 25 heavy (non-hydrogen) atoms. The number of aliphatic hydroxyl groups excluding tert-OH is 1. The van der Waals surface area contributed by atoms with Crippen molar-refractivity contribution in [1.29, 1.82) is 0 Å². The van der Waals surface area contributed by atoms with Gasteiger partial charge in [-0.3, -0.25) is 4.68 Å². The Morgan fingerprint density at radius 1 is 1.28 bits per heavy atom. The Hall–Kier alpha value is -2.19. The highest BCUT2D eigenvalue weighted by Crippen LogP contribution is 2.31. The molecule has 0 saturated carbocycles. The molecule has 0 spiro atoms. The lowest BCUT2D eigenvalue weighted by atomic mass is 10.2. The molecule has 2 aliphatic rings. The Morgan fingerprint density at radius 3 is 2.92 bits per heavy atom. The van der Waals surface area contributed by atoms with Gasteiger partial charge in [0.05, 0.1) is 30.2 Å². The summed E-state index contributed by atoms with van der Waals surface area (Å²) >= 11 is 0. The Kier molecular flexibility index (Phi) is 4.09. The fourth-order valence-corrected chi connectivity index (χ4v) is 3.76. The summed E-state index contributed by atoms with van der Waals surface area (Å²) in [6.07, 6.45) is 2.56. The predicted molar refractivity (Wildman–Crippen MR) is 95.3 cm³/mol. The smallest absolute Gasteiger partial charge is 0.222 e. The van der Waals surface area contributed by atoms with Gasteiger partial charge in [0.15, 0.2) is 0 Å². The summed E-state index contributed by atoms with van der Waals surface area (Å²) in [7, 11) is 3.89. The van der Waals surface area contributed by atoms with Crippen LogP contribution in [-0.2, 0) is 25.9 Å². The average Bonchev–Trinajstić information content (AvgIpc) is 3.18. The van der Waals surface area contributed by atoms with Crippen LogP contribution in [0.1, 0.15) is 35.2 Å². The summed E-state index contributed by atoms with van der Waals surface area (Å²) in [6, 6.07) is 2.01. The minimum Gasteiger partial charge on any atom is -0.385 e. The molecule has 3 N–H and O–H groups in total. The molecule has 1 atom stereocenters. The number of rotatable bonds is 4. The van der Waals surface area contributed by atoms with E-state index in [4.69, 9.17) is 5.73 Å². The van der Waals surface area contributed by atoms with Crippen molar-refractivity contribution in [3.63, 3.8) is 0 Å². The van der Waals surface area contributed by atoms with Crippen LogP contribution >= 0.6 is 0 Å². The van der Waals surface area contributed by atoms with Crippen molar-refractivity contribution in [1.82, 2.24) is 24.6 Å².